The largest absolute Gasteiger partial charge is 0.456 e. The Labute approximate surface area is 458 Å². The smallest absolute Gasteiger partial charge is 0.160 e. The molecule has 0 saturated heterocycles. The molecule has 0 atom stereocenters. The van der Waals surface area contributed by atoms with Crippen molar-refractivity contribution in [2.24, 2.45) is 0 Å². The Morgan fingerprint density at radius 1 is 0.250 bits per heavy atom. The van der Waals surface area contributed by atoms with Gasteiger partial charge in [-0.1, -0.05) is 170 Å². The van der Waals surface area contributed by atoms with E-state index in [1.165, 1.54) is 10.8 Å². The average Bonchev–Trinajstić information content (AvgIpc) is 4.40. The molecule has 5 heterocycles. The number of aromatic nitrogens is 4. The topological polar surface area (TPSA) is 61.9 Å². The van der Waals surface area contributed by atoms with Crippen LogP contribution >= 0.6 is 0 Å². The SMILES string of the molecule is c1ccc(-c2ccccc2-c2nc(-c3cc(-n4c5ccccc5c5cc(-c6ccc7oc8ccccc8c7c6)ccc54)cc(-n4c5ccccc5c5cc(-c6ccc7oc8ccccc8c7c6)ccc54)c3)nc3ccccc23)cc1. The van der Waals surface area contributed by atoms with E-state index in [1.54, 1.807) is 0 Å². The average molecular weight is 1020 g/mol. The highest BCUT2D eigenvalue weighted by Crippen LogP contribution is 2.43. The summed E-state index contributed by atoms with van der Waals surface area (Å²) in [5.74, 6) is 0.639. The van der Waals surface area contributed by atoms with Gasteiger partial charge in [-0.3, -0.25) is 0 Å². The van der Waals surface area contributed by atoms with Gasteiger partial charge in [0.05, 0.1) is 33.3 Å². The third-order valence-electron chi connectivity index (χ3n) is 16.3. The summed E-state index contributed by atoms with van der Waals surface area (Å²) in [7, 11) is 0. The molecular formula is C74H44N4O2. The Hall–Kier alpha value is -10.8. The number of furan rings is 2. The molecule has 17 rings (SSSR count). The molecule has 0 aliphatic rings. The lowest BCUT2D eigenvalue weighted by Gasteiger charge is -2.17. The predicted octanol–water partition coefficient (Wildman–Crippen LogP) is 20.0. The molecular weight excluding hydrogens is 977 g/mol. The van der Waals surface area contributed by atoms with Crippen molar-refractivity contribution in [1.82, 2.24) is 19.1 Å². The molecule has 372 valence electrons. The van der Waals surface area contributed by atoms with Crippen molar-refractivity contribution < 1.29 is 8.83 Å². The molecule has 0 aliphatic carbocycles. The number of para-hydroxylation sites is 5. The highest BCUT2D eigenvalue weighted by molar-refractivity contribution is 6.14. The fourth-order valence-corrected chi connectivity index (χ4v) is 12.6. The highest BCUT2D eigenvalue weighted by atomic mass is 16.3. The summed E-state index contributed by atoms with van der Waals surface area (Å²) in [5, 5.41) is 10.1. The van der Waals surface area contributed by atoms with Crippen LogP contribution in [-0.2, 0) is 0 Å². The molecule has 0 radical (unpaired) electrons. The van der Waals surface area contributed by atoms with E-state index in [0.717, 1.165) is 149 Å². The van der Waals surface area contributed by atoms with Crippen LogP contribution in [0.15, 0.2) is 276 Å². The van der Waals surface area contributed by atoms with Crippen LogP contribution in [-0.4, -0.2) is 19.1 Å². The van der Waals surface area contributed by atoms with E-state index in [1.807, 2.05) is 24.3 Å². The molecule has 17 aromatic rings. The summed E-state index contributed by atoms with van der Waals surface area (Å²) in [6.45, 7) is 0. The summed E-state index contributed by atoms with van der Waals surface area (Å²) in [6, 6.07) is 95.4. The molecule has 0 unspecified atom stereocenters. The van der Waals surface area contributed by atoms with Gasteiger partial charge in [-0.2, -0.15) is 0 Å². The zero-order valence-electron chi connectivity index (χ0n) is 43.0. The molecule has 0 spiro atoms. The summed E-state index contributed by atoms with van der Waals surface area (Å²) in [4.78, 5) is 11.1. The Morgan fingerprint density at radius 2 is 0.675 bits per heavy atom. The quantitative estimate of drug-likeness (QED) is 0.160. The molecule has 6 heteroatoms. The second-order valence-corrected chi connectivity index (χ2v) is 20.8. The first-order chi connectivity index (χ1) is 39.6. The first-order valence-electron chi connectivity index (χ1n) is 27.1. The molecule has 6 nitrogen and oxygen atoms in total. The van der Waals surface area contributed by atoms with Crippen molar-refractivity contribution in [3.63, 3.8) is 0 Å². The van der Waals surface area contributed by atoms with Gasteiger partial charge in [0, 0.05) is 71.0 Å². The van der Waals surface area contributed by atoms with E-state index >= 15 is 0 Å². The van der Waals surface area contributed by atoms with Crippen molar-refractivity contribution >= 4 is 98.4 Å². The maximum absolute atomic E-state index is 6.25. The lowest BCUT2D eigenvalue weighted by molar-refractivity contribution is 0.668. The van der Waals surface area contributed by atoms with E-state index in [0.29, 0.717) is 5.82 Å². The maximum atomic E-state index is 6.25. The zero-order chi connectivity index (χ0) is 52.4. The Bertz CT molecular complexity index is 5140. The predicted molar refractivity (Wildman–Crippen MR) is 330 cm³/mol. The molecule has 80 heavy (non-hydrogen) atoms. The molecule has 0 N–H and O–H groups in total. The summed E-state index contributed by atoms with van der Waals surface area (Å²) in [5.41, 5.74) is 20.4. The number of hydrogen-bond acceptors (Lipinski definition) is 4. The second kappa shape index (κ2) is 17.3. The van der Waals surface area contributed by atoms with E-state index in [-0.39, 0.29) is 0 Å². The second-order valence-electron chi connectivity index (χ2n) is 20.8. The van der Waals surface area contributed by atoms with Gasteiger partial charge in [-0.25, -0.2) is 9.97 Å². The molecule has 5 aromatic heterocycles. The van der Waals surface area contributed by atoms with Crippen LogP contribution in [0.25, 0.3) is 166 Å². The van der Waals surface area contributed by atoms with Crippen molar-refractivity contribution in [1.29, 1.82) is 0 Å². The van der Waals surface area contributed by atoms with E-state index in [9.17, 15) is 0 Å². The Morgan fingerprint density at radius 3 is 1.25 bits per heavy atom. The van der Waals surface area contributed by atoms with Gasteiger partial charge in [-0.05, 0) is 130 Å². The van der Waals surface area contributed by atoms with Gasteiger partial charge in [0.2, 0.25) is 0 Å². The van der Waals surface area contributed by atoms with Crippen molar-refractivity contribution in [3.8, 4) is 67.4 Å². The number of hydrogen-bond donors (Lipinski definition) is 0. The molecule has 0 fully saturated rings. The number of rotatable bonds is 7. The zero-order valence-corrected chi connectivity index (χ0v) is 43.0. The monoisotopic (exact) mass is 1020 g/mol. The fourth-order valence-electron chi connectivity index (χ4n) is 12.6. The van der Waals surface area contributed by atoms with Gasteiger partial charge in [0.15, 0.2) is 5.82 Å². The highest BCUT2D eigenvalue weighted by Gasteiger charge is 2.22. The fraction of sp³-hybridized carbons (Fsp3) is 0. The molecule has 0 amide bonds. The normalized spacial score (nSPS) is 12.0. The Kier molecular flexibility index (Phi) is 9.61. The first-order valence-corrected chi connectivity index (χ1v) is 27.1. The lowest BCUT2D eigenvalue weighted by Crippen LogP contribution is -2.02. The first kappa shape index (κ1) is 44.3. The van der Waals surface area contributed by atoms with Crippen LogP contribution in [0, 0.1) is 0 Å². The van der Waals surface area contributed by atoms with Crippen LogP contribution in [0.4, 0.5) is 0 Å². The maximum Gasteiger partial charge on any atom is 0.160 e. The van der Waals surface area contributed by atoms with Gasteiger partial charge in [-0.15, -0.1) is 0 Å². The van der Waals surface area contributed by atoms with E-state index in [4.69, 9.17) is 18.8 Å². The summed E-state index contributed by atoms with van der Waals surface area (Å²) >= 11 is 0. The van der Waals surface area contributed by atoms with Gasteiger partial charge < -0.3 is 18.0 Å². The minimum absolute atomic E-state index is 0.639. The van der Waals surface area contributed by atoms with Crippen molar-refractivity contribution in [3.05, 3.63) is 267 Å². The molecule has 0 bridgehead atoms. The van der Waals surface area contributed by atoms with Crippen LogP contribution in [0.2, 0.25) is 0 Å². The van der Waals surface area contributed by atoms with E-state index in [2.05, 4.69) is 252 Å². The number of benzene rings is 12. The summed E-state index contributed by atoms with van der Waals surface area (Å²) in [6.07, 6.45) is 0. The van der Waals surface area contributed by atoms with Crippen LogP contribution in [0.5, 0.6) is 0 Å². The van der Waals surface area contributed by atoms with Gasteiger partial charge >= 0.3 is 0 Å². The Balaban J connectivity index is 0.903. The third kappa shape index (κ3) is 6.85. The van der Waals surface area contributed by atoms with Crippen molar-refractivity contribution in [2.75, 3.05) is 0 Å². The van der Waals surface area contributed by atoms with Crippen LogP contribution in [0.1, 0.15) is 0 Å². The lowest BCUT2D eigenvalue weighted by atomic mass is 9.95. The summed E-state index contributed by atoms with van der Waals surface area (Å²) < 4.78 is 17.3. The molecule has 0 saturated carbocycles. The third-order valence-corrected chi connectivity index (χ3v) is 16.3. The standard InChI is InChI=1S/C74H44N4O2/c1-2-16-45(17-3-1)53-18-4-5-23-58(53)73-59-24-6-11-25-64(59)75-74(76-73)50-38-51(77-65-26-12-7-19-54(65)60-40-46(30-34-67(60)77)48-32-36-71-62(42-48)56-21-9-14-28-69(56)79-71)44-52(39-50)78-66-27-13-8-20-55(66)61-41-47(31-35-68(61)78)49-33-37-72-63(43-49)57-22-10-15-29-70(57)80-72/h1-44H. The van der Waals surface area contributed by atoms with Gasteiger partial charge in [0.1, 0.15) is 22.3 Å². The molecule has 0 aliphatic heterocycles. The van der Waals surface area contributed by atoms with Gasteiger partial charge in [0.25, 0.3) is 0 Å². The van der Waals surface area contributed by atoms with Crippen LogP contribution < -0.4 is 0 Å². The van der Waals surface area contributed by atoms with E-state index < -0.39 is 0 Å². The van der Waals surface area contributed by atoms with Crippen LogP contribution in [0.3, 0.4) is 0 Å². The minimum Gasteiger partial charge on any atom is -0.456 e. The van der Waals surface area contributed by atoms with Crippen molar-refractivity contribution in [2.45, 2.75) is 0 Å². The number of fused-ring (bicyclic) bond motifs is 13. The molecule has 12 aromatic carbocycles. The minimum atomic E-state index is 0.639. The number of nitrogens with zero attached hydrogens (tertiary/aromatic N) is 4.